The first-order chi connectivity index (χ1) is 9.62. The second-order valence-corrected chi connectivity index (χ2v) is 5.29. The summed E-state index contributed by atoms with van der Waals surface area (Å²) in [4.78, 5) is 16.2. The predicted octanol–water partition coefficient (Wildman–Crippen LogP) is 3.70. The maximum Gasteiger partial charge on any atom is 0.192 e. The van der Waals surface area contributed by atoms with E-state index in [2.05, 4.69) is 18.8 Å². The van der Waals surface area contributed by atoms with Crippen LogP contribution in [0, 0.1) is 0 Å². The number of benzene rings is 1. The van der Waals surface area contributed by atoms with Gasteiger partial charge in [-0.2, -0.15) is 0 Å². The van der Waals surface area contributed by atoms with Gasteiger partial charge in [-0.25, -0.2) is 0 Å². The van der Waals surface area contributed by atoms with Crippen molar-refractivity contribution in [3.05, 3.63) is 39.2 Å². The molecule has 1 heterocycles. The van der Waals surface area contributed by atoms with E-state index in [-0.39, 0.29) is 11.2 Å². The molecule has 0 unspecified atom stereocenters. The monoisotopic (exact) mass is 273 g/mol. The lowest BCUT2D eigenvalue weighted by atomic mass is 9.99. The Morgan fingerprint density at radius 2 is 1.80 bits per heavy atom. The van der Waals surface area contributed by atoms with Gasteiger partial charge in [0.1, 0.15) is 5.75 Å². The zero-order valence-corrected chi connectivity index (χ0v) is 12.5. The molecule has 0 aliphatic rings. The maximum atomic E-state index is 12.7. The first-order valence-electron chi connectivity index (χ1n) is 7.51. The van der Waals surface area contributed by atoms with Gasteiger partial charge in [0.15, 0.2) is 5.43 Å². The van der Waals surface area contributed by atoms with E-state index in [0.29, 0.717) is 5.39 Å². The van der Waals surface area contributed by atoms with E-state index in [9.17, 15) is 9.90 Å². The molecule has 0 saturated heterocycles. The van der Waals surface area contributed by atoms with Crippen molar-refractivity contribution in [3.63, 3.8) is 0 Å². The fourth-order valence-corrected chi connectivity index (χ4v) is 2.79. The Labute approximate surface area is 119 Å². The van der Waals surface area contributed by atoms with E-state index < -0.39 is 0 Å². The lowest BCUT2D eigenvalue weighted by Gasteiger charge is -2.13. The molecule has 20 heavy (non-hydrogen) atoms. The van der Waals surface area contributed by atoms with Crippen LogP contribution in [-0.2, 0) is 19.3 Å². The first-order valence-corrected chi connectivity index (χ1v) is 7.51. The molecule has 0 aliphatic heterocycles. The summed E-state index contributed by atoms with van der Waals surface area (Å²) in [7, 11) is 0. The zero-order chi connectivity index (χ0) is 14.7. The van der Waals surface area contributed by atoms with Crippen LogP contribution in [0.5, 0.6) is 5.75 Å². The molecule has 0 spiro atoms. The Morgan fingerprint density at radius 3 is 2.40 bits per heavy atom. The van der Waals surface area contributed by atoms with Gasteiger partial charge in [-0.3, -0.25) is 4.79 Å². The number of aryl methyl sites for hydroxylation is 2. The number of aromatic hydroxyl groups is 1. The van der Waals surface area contributed by atoms with E-state index in [0.717, 1.165) is 54.4 Å². The summed E-state index contributed by atoms with van der Waals surface area (Å²) in [6, 6.07) is 3.33. The van der Waals surface area contributed by atoms with E-state index in [4.69, 9.17) is 0 Å². The highest BCUT2D eigenvalue weighted by Crippen LogP contribution is 2.23. The van der Waals surface area contributed by atoms with Crippen molar-refractivity contribution in [1.29, 1.82) is 0 Å². The SMILES string of the molecule is CCCc1[nH]c2c(CC)cc(O)cc2c(=O)c1CCC. The normalized spacial score (nSPS) is 11.2. The lowest BCUT2D eigenvalue weighted by molar-refractivity contribution is 0.475. The number of rotatable bonds is 5. The number of aromatic amines is 1. The smallest absolute Gasteiger partial charge is 0.192 e. The summed E-state index contributed by atoms with van der Waals surface area (Å²) in [5.74, 6) is 0.172. The molecule has 2 rings (SSSR count). The van der Waals surface area contributed by atoms with Gasteiger partial charge >= 0.3 is 0 Å². The fraction of sp³-hybridized carbons (Fsp3) is 0.471. The summed E-state index contributed by atoms with van der Waals surface area (Å²) in [6.07, 6.45) is 4.43. The van der Waals surface area contributed by atoms with Crippen molar-refractivity contribution in [2.75, 3.05) is 0 Å². The van der Waals surface area contributed by atoms with E-state index in [1.807, 2.05) is 6.92 Å². The molecule has 0 fully saturated rings. The standard InChI is InChI=1S/C17H23NO2/c1-4-7-13-15(8-5-2)18-16-11(6-3)9-12(19)10-14(16)17(13)20/h9-10,19H,4-8H2,1-3H3,(H,18,20). The van der Waals surface area contributed by atoms with Gasteiger partial charge in [-0.1, -0.05) is 33.6 Å². The third kappa shape index (κ3) is 2.58. The minimum atomic E-state index is 0.0784. The molecule has 3 nitrogen and oxygen atoms in total. The van der Waals surface area contributed by atoms with Crippen LogP contribution in [0.15, 0.2) is 16.9 Å². The second-order valence-electron chi connectivity index (χ2n) is 5.29. The molecule has 1 aromatic carbocycles. The third-order valence-electron chi connectivity index (χ3n) is 3.74. The van der Waals surface area contributed by atoms with Crippen LogP contribution in [-0.4, -0.2) is 10.1 Å². The largest absolute Gasteiger partial charge is 0.508 e. The van der Waals surface area contributed by atoms with Gasteiger partial charge in [0.25, 0.3) is 0 Å². The molecule has 108 valence electrons. The number of pyridine rings is 1. The number of H-pyrrole nitrogens is 1. The predicted molar refractivity (Wildman–Crippen MR) is 83.6 cm³/mol. The highest BCUT2D eigenvalue weighted by Gasteiger charge is 2.13. The molecule has 0 saturated carbocycles. The van der Waals surface area contributed by atoms with Crippen molar-refractivity contribution in [2.45, 2.75) is 52.9 Å². The van der Waals surface area contributed by atoms with Gasteiger partial charge in [0.2, 0.25) is 0 Å². The van der Waals surface area contributed by atoms with Crippen molar-refractivity contribution in [3.8, 4) is 5.75 Å². The van der Waals surface area contributed by atoms with Crippen LogP contribution >= 0.6 is 0 Å². The van der Waals surface area contributed by atoms with Crippen molar-refractivity contribution in [2.24, 2.45) is 0 Å². The van der Waals surface area contributed by atoms with E-state index in [1.165, 1.54) is 0 Å². The number of hydrogen-bond donors (Lipinski definition) is 2. The fourth-order valence-electron chi connectivity index (χ4n) is 2.79. The Bertz CT molecular complexity index is 671. The number of hydrogen-bond acceptors (Lipinski definition) is 2. The average Bonchev–Trinajstić information content (AvgIpc) is 2.43. The number of phenols is 1. The molecule has 0 atom stereocenters. The highest BCUT2D eigenvalue weighted by atomic mass is 16.3. The van der Waals surface area contributed by atoms with Gasteiger partial charge in [0.05, 0.1) is 5.52 Å². The molecular formula is C17H23NO2. The summed E-state index contributed by atoms with van der Waals surface area (Å²) < 4.78 is 0. The Balaban J connectivity index is 2.82. The quantitative estimate of drug-likeness (QED) is 0.872. The molecule has 0 amide bonds. The van der Waals surface area contributed by atoms with Gasteiger partial charge in [-0.05, 0) is 37.0 Å². The number of aromatic nitrogens is 1. The minimum Gasteiger partial charge on any atom is -0.508 e. The van der Waals surface area contributed by atoms with Crippen molar-refractivity contribution in [1.82, 2.24) is 4.98 Å². The molecular weight excluding hydrogens is 250 g/mol. The van der Waals surface area contributed by atoms with Crippen LogP contribution in [0.25, 0.3) is 10.9 Å². The topological polar surface area (TPSA) is 53.1 Å². The molecule has 0 radical (unpaired) electrons. The zero-order valence-electron chi connectivity index (χ0n) is 12.5. The van der Waals surface area contributed by atoms with Gasteiger partial charge in [0, 0.05) is 16.6 Å². The number of phenolic OH excluding ortho intramolecular Hbond substituents is 1. The minimum absolute atomic E-state index is 0.0784. The summed E-state index contributed by atoms with van der Waals surface area (Å²) in [5.41, 5.74) is 3.91. The molecule has 3 heteroatoms. The lowest BCUT2D eigenvalue weighted by Crippen LogP contribution is -2.15. The average molecular weight is 273 g/mol. The summed E-state index contributed by atoms with van der Waals surface area (Å²) in [5, 5.41) is 10.4. The van der Waals surface area contributed by atoms with Crippen molar-refractivity contribution >= 4 is 10.9 Å². The van der Waals surface area contributed by atoms with Gasteiger partial charge in [-0.15, -0.1) is 0 Å². The van der Waals surface area contributed by atoms with Crippen LogP contribution in [0.1, 0.15) is 50.4 Å². The molecule has 2 N–H and O–H groups in total. The summed E-state index contributed by atoms with van der Waals surface area (Å²) >= 11 is 0. The maximum absolute atomic E-state index is 12.7. The molecule has 1 aromatic heterocycles. The summed E-state index contributed by atoms with van der Waals surface area (Å²) in [6.45, 7) is 6.24. The van der Waals surface area contributed by atoms with Crippen LogP contribution < -0.4 is 5.43 Å². The highest BCUT2D eigenvalue weighted by molar-refractivity contribution is 5.84. The molecule has 2 aromatic rings. The van der Waals surface area contributed by atoms with Crippen LogP contribution in [0.2, 0.25) is 0 Å². The number of fused-ring (bicyclic) bond motifs is 1. The van der Waals surface area contributed by atoms with Crippen LogP contribution in [0.3, 0.4) is 0 Å². The van der Waals surface area contributed by atoms with Crippen LogP contribution in [0.4, 0.5) is 0 Å². The van der Waals surface area contributed by atoms with E-state index in [1.54, 1.807) is 12.1 Å². The first kappa shape index (κ1) is 14.6. The third-order valence-corrected chi connectivity index (χ3v) is 3.74. The Kier molecular flexibility index (Phi) is 4.48. The Morgan fingerprint density at radius 1 is 1.10 bits per heavy atom. The second kappa shape index (κ2) is 6.12. The number of nitrogens with one attached hydrogen (secondary N) is 1. The van der Waals surface area contributed by atoms with Gasteiger partial charge < -0.3 is 10.1 Å². The Hall–Kier alpha value is -1.77. The molecule has 0 bridgehead atoms. The van der Waals surface area contributed by atoms with E-state index >= 15 is 0 Å². The molecule has 0 aliphatic carbocycles. The van der Waals surface area contributed by atoms with Crippen molar-refractivity contribution < 1.29 is 5.11 Å².